The maximum atomic E-state index is 5.90. The highest BCUT2D eigenvalue weighted by Crippen LogP contribution is 2.28. The molecule has 0 aliphatic carbocycles. The Morgan fingerprint density at radius 1 is 1.18 bits per heavy atom. The second-order valence-corrected chi connectivity index (χ2v) is 5.96. The molecule has 1 aromatic carbocycles. The Labute approximate surface area is 115 Å². The van der Waals surface area contributed by atoms with Gasteiger partial charge in [-0.05, 0) is 48.4 Å². The zero-order valence-corrected chi connectivity index (χ0v) is 12.0. The van der Waals surface area contributed by atoms with Gasteiger partial charge in [0.05, 0.1) is 0 Å². The van der Waals surface area contributed by atoms with Gasteiger partial charge in [0.25, 0.3) is 0 Å². The first-order valence-corrected chi connectivity index (χ1v) is 7.45. The van der Waals surface area contributed by atoms with Crippen molar-refractivity contribution in [3.05, 3.63) is 56.7 Å². The van der Waals surface area contributed by atoms with E-state index in [0.717, 1.165) is 12.8 Å². The van der Waals surface area contributed by atoms with Crippen molar-refractivity contribution in [3.8, 4) is 0 Å². The Morgan fingerprint density at radius 3 is 2.65 bits per heavy atom. The van der Waals surface area contributed by atoms with Crippen molar-refractivity contribution in [2.75, 3.05) is 6.54 Å². The molecule has 2 N–H and O–H groups in total. The molecule has 0 saturated heterocycles. The average Bonchev–Trinajstić information content (AvgIpc) is 2.85. The predicted octanol–water partition coefficient (Wildman–Crippen LogP) is 4.19. The van der Waals surface area contributed by atoms with E-state index >= 15 is 0 Å². The van der Waals surface area contributed by atoms with Gasteiger partial charge in [-0.25, -0.2) is 0 Å². The fraction of sp³-hybridized carbons (Fsp3) is 0.286. The van der Waals surface area contributed by atoms with Crippen LogP contribution >= 0.6 is 27.3 Å². The maximum absolute atomic E-state index is 5.90. The van der Waals surface area contributed by atoms with Crippen LogP contribution in [0.5, 0.6) is 0 Å². The van der Waals surface area contributed by atoms with Crippen LogP contribution in [-0.4, -0.2) is 6.54 Å². The van der Waals surface area contributed by atoms with Crippen LogP contribution in [0, 0.1) is 0 Å². The minimum atomic E-state index is 0.438. The van der Waals surface area contributed by atoms with E-state index in [1.165, 1.54) is 14.9 Å². The fourth-order valence-electron chi connectivity index (χ4n) is 1.98. The van der Waals surface area contributed by atoms with Crippen LogP contribution in [0.1, 0.15) is 22.8 Å². The van der Waals surface area contributed by atoms with Crippen LogP contribution < -0.4 is 5.73 Å². The molecule has 1 unspecified atom stereocenters. The standard InChI is InChI=1S/C14H16BrNS/c15-14-6-2-1-5-13(14)11(10-16)7-8-12-4-3-9-17-12/h1-6,9,11H,7-8,10,16H2. The molecule has 0 saturated carbocycles. The molecule has 90 valence electrons. The van der Waals surface area contributed by atoms with Gasteiger partial charge in [-0.15, -0.1) is 11.3 Å². The molecule has 0 spiro atoms. The van der Waals surface area contributed by atoms with Crippen molar-refractivity contribution in [3.63, 3.8) is 0 Å². The summed E-state index contributed by atoms with van der Waals surface area (Å²) in [4.78, 5) is 1.44. The van der Waals surface area contributed by atoms with Crippen molar-refractivity contribution < 1.29 is 0 Å². The van der Waals surface area contributed by atoms with Crippen LogP contribution in [0.15, 0.2) is 46.3 Å². The summed E-state index contributed by atoms with van der Waals surface area (Å²) in [5.41, 5.74) is 7.22. The van der Waals surface area contributed by atoms with Crippen LogP contribution in [-0.2, 0) is 6.42 Å². The molecule has 0 aliphatic rings. The summed E-state index contributed by atoms with van der Waals surface area (Å²) in [5.74, 6) is 0.438. The molecular formula is C14H16BrNS. The highest BCUT2D eigenvalue weighted by atomic mass is 79.9. The number of nitrogens with two attached hydrogens (primary N) is 1. The Morgan fingerprint density at radius 2 is 2.00 bits per heavy atom. The monoisotopic (exact) mass is 309 g/mol. The summed E-state index contributed by atoms with van der Waals surface area (Å²) in [6.45, 7) is 0.702. The lowest BCUT2D eigenvalue weighted by Crippen LogP contribution is -2.13. The molecule has 17 heavy (non-hydrogen) atoms. The van der Waals surface area contributed by atoms with E-state index in [-0.39, 0.29) is 0 Å². The van der Waals surface area contributed by atoms with Crippen molar-refractivity contribution in [2.45, 2.75) is 18.8 Å². The number of hydrogen-bond acceptors (Lipinski definition) is 2. The number of benzene rings is 1. The lowest BCUT2D eigenvalue weighted by molar-refractivity contribution is 0.635. The molecule has 1 heterocycles. The molecule has 1 aromatic heterocycles. The van der Waals surface area contributed by atoms with E-state index in [4.69, 9.17) is 5.73 Å². The third kappa shape index (κ3) is 3.41. The highest BCUT2D eigenvalue weighted by Gasteiger charge is 2.12. The van der Waals surface area contributed by atoms with Crippen LogP contribution in [0.3, 0.4) is 0 Å². The predicted molar refractivity (Wildman–Crippen MR) is 78.6 cm³/mol. The Hall–Kier alpha value is -0.640. The molecule has 2 aromatic rings. The van der Waals surface area contributed by atoms with Gasteiger partial charge < -0.3 is 5.73 Å². The highest BCUT2D eigenvalue weighted by molar-refractivity contribution is 9.10. The van der Waals surface area contributed by atoms with E-state index in [9.17, 15) is 0 Å². The lowest BCUT2D eigenvalue weighted by atomic mass is 9.94. The lowest BCUT2D eigenvalue weighted by Gasteiger charge is -2.16. The minimum absolute atomic E-state index is 0.438. The Kier molecular flexibility index (Phi) is 4.77. The van der Waals surface area contributed by atoms with Gasteiger partial charge in [-0.3, -0.25) is 0 Å². The van der Waals surface area contributed by atoms with Crippen molar-refractivity contribution >= 4 is 27.3 Å². The first kappa shape index (κ1) is 12.8. The molecule has 0 aliphatic heterocycles. The molecule has 0 bridgehead atoms. The third-order valence-electron chi connectivity index (χ3n) is 2.95. The zero-order valence-electron chi connectivity index (χ0n) is 9.60. The van der Waals surface area contributed by atoms with Gasteiger partial charge in [0.1, 0.15) is 0 Å². The van der Waals surface area contributed by atoms with Crippen molar-refractivity contribution in [1.82, 2.24) is 0 Å². The van der Waals surface area contributed by atoms with Crippen LogP contribution in [0.25, 0.3) is 0 Å². The first-order chi connectivity index (χ1) is 8.31. The number of rotatable bonds is 5. The summed E-state index contributed by atoms with van der Waals surface area (Å²) in [5, 5.41) is 2.13. The smallest absolute Gasteiger partial charge is 0.0210 e. The third-order valence-corrected chi connectivity index (χ3v) is 4.61. The van der Waals surface area contributed by atoms with Crippen molar-refractivity contribution in [2.24, 2.45) is 5.73 Å². The van der Waals surface area contributed by atoms with Gasteiger partial charge in [-0.1, -0.05) is 40.2 Å². The zero-order chi connectivity index (χ0) is 12.1. The second-order valence-electron chi connectivity index (χ2n) is 4.07. The number of halogens is 1. The maximum Gasteiger partial charge on any atom is 0.0210 e. The number of hydrogen-bond donors (Lipinski definition) is 1. The number of thiophene rings is 1. The quantitative estimate of drug-likeness (QED) is 0.880. The van der Waals surface area contributed by atoms with E-state index in [1.54, 1.807) is 0 Å². The van der Waals surface area contributed by atoms with Gasteiger partial charge in [0, 0.05) is 9.35 Å². The molecule has 3 heteroatoms. The van der Waals surface area contributed by atoms with Crippen molar-refractivity contribution in [1.29, 1.82) is 0 Å². The summed E-state index contributed by atoms with van der Waals surface area (Å²) in [6, 6.07) is 12.7. The Balaban J connectivity index is 2.04. The minimum Gasteiger partial charge on any atom is -0.330 e. The summed E-state index contributed by atoms with van der Waals surface area (Å²) >= 11 is 5.43. The van der Waals surface area contributed by atoms with Gasteiger partial charge >= 0.3 is 0 Å². The summed E-state index contributed by atoms with van der Waals surface area (Å²) in [6.07, 6.45) is 2.22. The Bertz CT molecular complexity index is 453. The van der Waals surface area contributed by atoms with E-state index in [1.807, 2.05) is 17.4 Å². The molecular weight excluding hydrogens is 294 g/mol. The molecule has 0 radical (unpaired) electrons. The van der Waals surface area contributed by atoms with E-state index in [0.29, 0.717) is 12.5 Å². The van der Waals surface area contributed by atoms with Crippen LogP contribution in [0.2, 0.25) is 0 Å². The molecule has 0 amide bonds. The largest absolute Gasteiger partial charge is 0.330 e. The van der Waals surface area contributed by atoms with E-state index in [2.05, 4.69) is 51.6 Å². The molecule has 1 nitrogen and oxygen atoms in total. The SMILES string of the molecule is NCC(CCc1cccs1)c1ccccc1Br. The average molecular weight is 310 g/mol. The van der Waals surface area contributed by atoms with Crippen LogP contribution in [0.4, 0.5) is 0 Å². The summed E-state index contributed by atoms with van der Waals surface area (Å²) < 4.78 is 1.17. The van der Waals surface area contributed by atoms with Gasteiger partial charge in [0.2, 0.25) is 0 Å². The van der Waals surface area contributed by atoms with E-state index < -0.39 is 0 Å². The fourth-order valence-corrected chi connectivity index (χ4v) is 3.31. The first-order valence-electron chi connectivity index (χ1n) is 5.78. The normalized spacial score (nSPS) is 12.6. The topological polar surface area (TPSA) is 26.0 Å². The summed E-state index contributed by atoms with van der Waals surface area (Å²) in [7, 11) is 0. The second kappa shape index (κ2) is 6.34. The van der Waals surface area contributed by atoms with Gasteiger partial charge in [0.15, 0.2) is 0 Å². The molecule has 0 fully saturated rings. The molecule has 2 rings (SSSR count). The molecule has 1 atom stereocenters. The number of aryl methyl sites for hydroxylation is 1. The van der Waals surface area contributed by atoms with Gasteiger partial charge in [-0.2, -0.15) is 0 Å².